The molecule has 0 unspecified atom stereocenters. The van der Waals surface area contributed by atoms with Gasteiger partial charge in [0.1, 0.15) is 10.6 Å². The summed E-state index contributed by atoms with van der Waals surface area (Å²) in [5.41, 5.74) is 1.16. The Morgan fingerprint density at radius 2 is 1.45 bits per heavy atom. The number of nitrogens with two attached hydrogens (primary N) is 1. The van der Waals surface area contributed by atoms with E-state index in [1.54, 1.807) is 30.3 Å². The van der Waals surface area contributed by atoms with Crippen molar-refractivity contribution in [2.75, 3.05) is 0 Å². The van der Waals surface area contributed by atoms with E-state index >= 15 is 0 Å². The molecular formula is C19H16N5O5S2+. The Morgan fingerprint density at radius 1 is 0.839 bits per heavy atom. The van der Waals surface area contributed by atoms with Crippen molar-refractivity contribution < 1.29 is 26.2 Å². The summed E-state index contributed by atoms with van der Waals surface area (Å²) in [6.45, 7) is 0. The Labute approximate surface area is 178 Å². The maximum atomic E-state index is 11.8. The van der Waals surface area contributed by atoms with Crippen LogP contribution in [0.15, 0.2) is 88.7 Å². The fourth-order valence-corrected chi connectivity index (χ4v) is 4.14. The second-order valence-electron chi connectivity index (χ2n) is 6.45. The Hall–Kier alpha value is -3.45. The third kappa shape index (κ3) is 4.22. The number of hydrogen-bond donors (Lipinski definition) is 2. The molecule has 3 aromatic carbocycles. The van der Waals surface area contributed by atoms with E-state index in [9.17, 15) is 21.4 Å². The summed E-state index contributed by atoms with van der Waals surface area (Å²) in [4.78, 5) is 2.39. The van der Waals surface area contributed by atoms with E-state index in [1.807, 2.05) is 6.07 Å². The van der Waals surface area contributed by atoms with Gasteiger partial charge in [0.2, 0.25) is 10.0 Å². The van der Waals surface area contributed by atoms with Crippen LogP contribution in [-0.4, -0.2) is 36.4 Å². The van der Waals surface area contributed by atoms with Crippen LogP contribution in [-0.2, 0) is 20.1 Å². The highest BCUT2D eigenvalue weighted by molar-refractivity contribution is 7.89. The van der Waals surface area contributed by atoms with Crippen molar-refractivity contribution in [3.8, 4) is 22.8 Å². The van der Waals surface area contributed by atoms with Gasteiger partial charge in [-0.1, -0.05) is 30.3 Å². The Kier molecular flexibility index (Phi) is 5.15. The van der Waals surface area contributed by atoms with Crippen LogP contribution in [0.2, 0.25) is 0 Å². The van der Waals surface area contributed by atoms with E-state index in [0.29, 0.717) is 11.4 Å². The standard InChI is InChI=1S/C19H15N5O5S2/c20-30(25,26)16-12-10-15(11-13-16)24-22-19(21-23(24)14-6-2-1-3-7-14)17-8-4-5-9-18(17)31(27,28)29/h1-13H,(H2-,20,25,26,27,28,29)/p+1. The SMILES string of the molecule is NS(=O)(=O)c1ccc(-[n+]2nc(-c3ccccc3S(=O)(=O)O)nn2-c2ccccc2)cc1. The lowest BCUT2D eigenvalue weighted by atomic mass is 10.2. The molecule has 0 radical (unpaired) electrons. The first-order valence-electron chi connectivity index (χ1n) is 8.80. The second-order valence-corrected chi connectivity index (χ2v) is 9.40. The van der Waals surface area contributed by atoms with Crippen LogP contribution >= 0.6 is 0 Å². The Balaban J connectivity index is 1.94. The number of nitrogens with zero attached hydrogens (tertiary/aromatic N) is 4. The number of tetrazole rings is 1. The van der Waals surface area contributed by atoms with E-state index in [2.05, 4.69) is 10.2 Å². The maximum Gasteiger partial charge on any atom is 0.341 e. The van der Waals surface area contributed by atoms with Crippen LogP contribution in [0.5, 0.6) is 0 Å². The van der Waals surface area contributed by atoms with Crippen LogP contribution in [0.4, 0.5) is 0 Å². The molecule has 1 heterocycles. The van der Waals surface area contributed by atoms with E-state index < -0.39 is 20.1 Å². The first-order valence-corrected chi connectivity index (χ1v) is 11.8. The quantitative estimate of drug-likeness (QED) is 0.336. The fraction of sp³-hybridized carbons (Fsp3) is 0. The summed E-state index contributed by atoms with van der Waals surface area (Å²) in [6.07, 6.45) is 0. The van der Waals surface area contributed by atoms with Crippen LogP contribution < -0.4 is 9.94 Å². The van der Waals surface area contributed by atoms with Crippen LogP contribution in [0.1, 0.15) is 0 Å². The first-order chi connectivity index (χ1) is 14.6. The lowest BCUT2D eigenvalue weighted by Gasteiger charge is -2.01. The second kappa shape index (κ2) is 7.67. The van der Waals surface area contributed by atoms with Gasteiger partial charge in [-0.25, -0.2) is 13.6 Å². The molecule has 0 amide bonds. The van der Waals surface area contributed by atoms with Gasteiger partial charge >= 0.3 is 5.82 Å². The van der Waals surface area contributed by atoms with Crippen molar-refractivity contribution in [2.45, 2.75) is 9.79 Å². The van der Waals surface area contributed by atoms with Crippen molar-refractivity contribution >= 4 is 20.1 Å². The molecule has 0 aliphatic rings. The molecule has 0 atom stereocenters. The summed E-state index contributed by atoms with van der Waals surface area (Å²) >= 11 is 0. The minimum absolute atomic E-state index is 0.0348. The summed E-state index contributed by atoms with van der Waals surface area (Å²) in [5, 5.41) is 14.0. The molecule has 3 N–H and O–H groups in total. The van der Waals surface area contributed by atoms with Gasteiger partial charge in [0.05, 0.1) is 15.6 Å². The van der Waals surface area contributed by atoms with E-state index in [0.717, 1.165) is 0 Å². The summed E-state index contributed by atoms with van der Waals surface area (Å²) in [6, 6.07) is 20.4. The van der Waals surface area contributed by atoms with Crippen molar-refractivity contribution in [1.29, 1.82) is 0 Å². The third-order valence-electron chi connectivity index (χ3n) is 4.35. The van der Waals surface area contributed by atoms with Gasteiger partial charge in [0.15, 0.2) is 5.69 Å². The average molecular weight is 459 g/mol. The van der Waals surface area contributed by atoms with E-state index in [4.69, 9.17) is 5.14 Å². The molecule has 1 aromatic heterocycles. The summed E-state index contributed by atoms with van der Waals surface area (Å²) < 4.78 is 56.3. The van der Waals surface area contributed by atoms with Crippen molar-refractivity contribution in [1.82, 2.24) is 15.0 Å². The van der Waals surface area contributed by atoms with Crippen molar-refractivity contribution in [2.24, 2.45) is 5.14 Å². The predicted molar refractivity (Wildman–Crippen MR) is 110 cm³/mol. The molecule has 0 saturated heterocycles. The zero-order valence-corrected chi connectivity index (χ0v) is 17.4. The maximum absolute atomic E-state index is 11.8. The number of sulfonamides is 1. The molecule has 31 heavy (non-hydrogen) atoms. The minimum Gasteiger partial charge on any atom is -0.282 e. The van der Waals surface area contributed by atoms with Gasteiger partial charge in [0.25, 0.3) is 10.1 Å². The highest BCUT2D eigenvalue weighted by Gasteiger charge is 2.28. The van der Waals surface area contributed by atoms with Gasteiger partial charge in [-0.15, -0.1) is 0 Å². The monoisotopic (exact) mass is 458 g/mol. The molecule has 4 rings (SSSR count). The molecule has 0 aliphatic carbocycles. The molecule has 12 heteroatoms. The van der Waals surface area contributed by atoms with Gasteiger partial charge in [-0.05, 0) is 58.4 Å². The summed E-state index contributed by atoms with van der Waals surface area (Å²) in [7, 11) is -8.39. The van der Waals surface area contributed by atoms with Crippen LogP contribution in [0.25, 0.3) is 22.8 Å². The van der Waals surface area contributed by atoms with E-state index in [1.165, 1.54) is 52.1 Å². The van der Waals surface area contributed by atoms with Crippen LogP contribution in [0.3, 0.4) is 0 Å². The third-order valence-corrected chi connectivity index (χ3v) is 6.19. The number of benzene rings is 3. The van der Waals surface area contributed by atoms with E-state index in [-0.39, 0.29) is 21.2 Å². The molecule has 0 bridgehead atoms. The highest BCUT2D eigenvalue weighted by Crippen LogP contribution is 2.24. The molecule has 10 nitrogen and oxygen atoms in total. The fourth-order valence-electron chi connectivity index (χ4n) is 2.93. The molecule has 4 aromatic rings. The van der Waals surface area contributed by atoms with Gasteiger partial charge in [-0.2, -0.15) is 8.42 Å². The predicted octanol–water partition coefficient (Wildman–Crippen LogP) is 1.11. The van der Waals surface area contributed by atoms with Crippen LogP contribution in [0, 0.1) is 0 Å². The van der Waals surface area contributed by atoms with Gasteiger partial charge in [-0.3, -0.25) is 4.55 Å². The first kappa shape index (κ1) is 20.8. The summed E-state index contributed by atoms with van der Waals surface area (Å²) in [5.74, 6) is 0.0348. The number of hydrogen-bond acceptors (Lipinski definition) is 6. The number of primary sulfonamides is 1. The highest BCUT2D eigenvalue weighted by atomic mass is 32.2. The van der Waals surface area contributed by atoms with Crippen molar-refractivity contribution in [3.05, 3.63) is 78.9 Å². The molecule has 0 saturated carbocycles. The Morgan fingerprint density at radius 3 is 2.06 bits per heavy atom. The Bertz CT molecular complexity index is 1470. The van der Waals surface area contributed by atoms with Gasteiger partial charge in [0, 0.05) is 4.80 Å². The minimum atomic E-state index is -4.52. The molecule has 158 valence electrons. The average Bonchev–Trinajstić information content (AvgIpc) is 3.19. The zero-order chi connectivity index (χ0) is 22.2. The molecule has 0 fully saturated rings. The number of aromatic nitrogens is 4. The number of rotatable bonds is 5. The smallest absolute Gasteiger partial charge is 0.282 e. The largest absolute Gasteiger partial charge is 0.341 e. The number of para-hydroxylation sites is 1. The molecule has 0 spiro atoms. The van der Waals surface area contributed by atoms with Crippen molar-refractivity contribution in [3.63, 3.8) is 0 Å². The zero-order valence-electron chi connectivity index (χ0n) is 15.8. The topological polar surface area (TPSA) is 149 Å². The van der Waals surface area contributed by atoms with Gasteiger partial charge < -0.3 is 0 Å². The normalized spacial score (nSPS) is 12.1. The molecular weight excluding hydrogens is 442 g/mol. The lowest BCUT2D eigenvalue weighted by Crippen LogP contribution is -2.43. The lowest BCUT2D eigenvalue weighted by molar-refractivity contribution is -0.734. The molecule has 0 aliphatic heterocycles.